The number of nitrogens with zero attached hydrogens (tertiary/aromatic N) is 1. The molecule has 0 unspecified atom stereocenters. The van der Waals surface area contributed by atoms with E-state index in [9.17, 15) is 19.2 Å². The summed E-state index contributed by atoms with van der Waals surface area (Å²) in [5.74, 6) is -1.42. The minimum absolute atomic E-state index is 0.118. The smallest absolute Gasteiger partial charge is 0.359 e. The number of hydrogen-bond acceptors (Lipinski definition) is 6. The molecule has 9 heteroatoms. The van der Waals surface area contributed by atoms with Gasteiger partial charge in [0.1, 0.15) is 0 Å². The van der Waals surface area contributed by atoms with Crippen LogP contribution in [0.3, 0.4) is 0 Å². The Bertz CT molecular complexity index is 859. The summed E-state index contributed by atoms with van der Waals surface area (Å²) in [5.41, 5.74) is -0.557. The molecule has 0 aliphatic rings. The third-order valence-electron chi connectivity index (χ3n) is 3.15. The molecule has 0 saturated carbocycles. The van der Waals surface area contributed by atoms with Gasteiger partial charge in [-0.05, 0) is 12.0 Å². The van der Waals surface area contributed by atoms with E-state index < -0.39 is 30.1 Å². The van der Waals surface area contributed by atoms with Gasteiger partial charge in [0.05, 0.1) is 5.39 Å². The Morgan fingerprint density at radius 1 is 1.20 bits per heavy atom. The van der Waals surface area contributed by atoms with Crippen LogP contribution in [0.2, 0.25) is 0 Å². The number of hydrogen-bond donors (Lipinski definition) is 3. The second-order valence-corrected chi connectivity index (χ2v) is 5.68. The fraction of sp³-hybridized carbons (Fsp3) is 0.312. The summed E-state index contributed by atoms with van der Waals surface area (Å²) < 4.78 is 4.85. The lowest BCUT2D eigenvalue weighted by atomic mass is 10.1. The normalized spacial score (nSPS) is 10.5. The number of amides is 3. The monoisotopic (exact) mass is 346 g/mol. The van der Waals surface area contributed by atoms with Crippen LogP contribution in [0.1, 0.15) is 24.3 Å². The predicted octanol–water partition coefficient (Wildman–Crippen LogP) is 0.562. The second-order valence-electron chi connectivity index (χ2n) is 5.68. The Kier molecular flexibility index (Phi) is 5.83. The standard InChI is InChI=1S/C16H18N4O5/c1-9(2)7-17-16(24)18-12(21)8-25-15(23)13-10-5-3-4-6-11(10)14(22)20-19-13/h3-6,9H,7-8H2,1-2H3,(H,20,22)(H2,17,18,21,24). The number of H-pyrrole nitrogens is 1. The maximum absolute atomic E-state index is 12.1. The number of aromatic amines is 1. The number of ether oxygens (including phenoxy) is 1. The van der Waals surface area contributed by atoms with Gasteiger partial charge in [0, 0.05) is 11.9 Å². The third kappa shape index (κ3) is 4.87. The van der Waals surface area contributed by atoms with Crippen LogP contribution in [0.4, 0.5) is 4.79 Å². The number of urea groups is 1. The molecule has 132 valence electrons. The zero-order valence-electron chi connectivity index (χ0n) is 13.8. The molecule has 25 heavy (non-hydrogen) atoms. The Morgan fingerprint density at radius 2 is 1.88 bits per heavy atom. The van der Waals surface area contributed by atoms with Crippen LogP contribution >= 0.6 is 0 Å². The first-order valence-corrected chi connectivity index (χ1v) is 7.60. The highest BCUT2D eigenvalue weighted by Gasteiger charge is 2.17. The highest BCUT2D eigenvalue weighted by Crippen LogP contribution is 2.13. The van der Waals surface area contributed by atoms with Crippen molar-refractivity contribution in [2.24, 2.45) is 5.92 Å². The van der Waals surface area contributed by atoms with Crippen molar-refractivity contribution < 1.29 is 19.1 Å². The van der Waals surface area contributed by atoms with Crippen molar-refractivity contribution >= 4 is 28.7 Å². The molecule has 1 aromatic carbocycles. The van der Waals surface area contributed by atoms with Crippen molar-refractivity contribution in [2.75, 3.05) is 13.2 Å². The lowest BCUT2D eigenvalue weighted by molar-refractivity contribution is -0.123. The van der Waals surface area contributed by atoms with Crippen LogP contribution in [0.15, 0.2) is 29.1 Å². The van der Waals surface area contributed by atoms with Crippen LogP contribution < -0.4 is 16.2 Å². The van der Waals surface area contributed by atoms with Crippen LogP contribution in [-0.4, -0.2) is 41.3 Å². The molecule has 3 amide bonds. The van der Waals surface area contributed by atoms with Crippen LogP contribution in [0.5, 0.6) is 0 Å². The van der Waals surface area contributed by atoms with Gasteiger partial charge in [0.15, 0.2) is 12.3 Å². The number of fused-ring (bicyclic) bond motifs is 1. The second kappa shape index (κ2) is 8.04. The van der Waals surface area contributed by atoms with Gasteiger partial charge in [0.25, 0.3) is 11.5 Å². The van der Waals surface area contributed by atoms with Gasteiger partial charge in [-0.2, -0.15) is 5.10 Å². The van der Waals surface area contributed by atoms with E-state index in [1.54, 1.807) is 24.3 Å². The SMILES string of the molecule is CC(C)CNC(=O)NC(=O)COC(=O)c1n[nH]c(=O)c2ccccc12. The average molecular weight is 346 g/mol. The lowest BCUT2D eigenvalue weighted by Crippen LogP contribution is -2.42. The Labute approximate surface area is 142 Å². The summed E-state index contributed by atoms with van der Waals surface area (Å²) in [6, 6.07) is 5.72. The first-order chi connectivity index (χ1) is 11.9. The van der Waals surface area contributed by atoms with Gasteiger partial charge >= 0.3 is 12.0 Å². The Morgan fingerprint density at radius 3 is 2.56 bits per heavy atom. The molecule has 0 saturated heterocycles. The zero-order chi connectivity index (χ0) is 18.4. The zero-order valence-corrected chi connectivity index (χ0v) is 13.8. The number of benzene rings is 1. The Balaban J connectivity index is 1.97. The average Bonchev–Trinajstić information content (AvgIpc) is 2.58. The van der Waals surface area contributed by atoms with E-state index in [2.05, 4.69) is 15.5 Å². The number of carbonyl (C=O) groups is 3. The molecular formula is C16H18N4O5. The van der Waals surface area contributed by atoms with Gasteiger partial charge in [-0.3, -0.25) is 14.9 Å². The maximum atomic E-state index is 12.1. The van der Waals surface area contributed by atoms with E-state index in [0.29, 0.717) is 11.9 Å². The molecule has 9 nitrogen and oxygen atoms in total. The summed E-state index contributed by atoms with van der Waals surface area (Å²) in [6.07, 6.45) is 0. The largest absolute Gasteiger partial charge is 0.451 e. The maximum Gasteiger partial charge on any atom is 0.359 e. The molecule has 0 fully saturated rings. The van der Waals surface area contributed by atoms with E-state index in [0.717, 1.165) is 0 Å². The molecule has 0 radical (unpaired) electrons. The molecule has 0 bridgehead atoms. The van der Waals surface area contributed by atoms with E-state index in [-0.39, 0.29) is 17.0 Å². The quantitative estimate of drug-likeness (QED) is 0.678. The first-order valence-electron chi connectivity index (χ1n) is 7.60. The molecule has 1 aromatic heterocycles. The van der Waals surface area contributed by atoms with Gasteiger partial charge < -0.3 is 10.1 Å². The summed E-state index contributed by atoms with van der Waals surface area (Å²) in [7, 11) is 0. The minimum atomic E-state index is -0.884. The van der Waals surface area contributed by atoms with E-state index in [4.69, 9.17) is 4.74 Å². The molecule has 2 aromatic rings. The highest BCUT2D eigenvalue weighted by atomic mass is 16.5. The van der Waals surface area contributed by atoms with Crippen LogP contribution in [0, 0.1) is 5.92 Å². The highest BCUT2D eigenvalue weighted by molar-refractivity contribution is 6.03. The number of nitrogens with one attached hydrogen (secondary N) is 3. The molecule has 0 aliphatic heterocycles. The number of rotatable bonds is 5. The molecular weight excluding hydrogens is 328 g/mol. The minimum Gasteiger partial charge on any atom is -0.451 e. The molecule has 0 atom stereocenters. The predicted molar refractivity (Wildman–Crippen MR) is 89.0 cm³/mol. The number of aromatic nitrogens is 2. The van der Waals surface area contributed by atoms with Crippen molar-refractivity contribution in [1.29, 1.82) is 0 Å². The van der Waals surface area contributed by atoms with E-state index in [1.807, 2.05) is 19.2 Å². The van der Waals surface area contributed by atoms with Crippen molar-refractivity contribution in [1.82, 2.24) is 20.8 Å². The summed E-state index contributed by atoms with van der Waals surface area (Å²) in [6.45, 7) is 3.58. The number of carbonyl (C=O) groups excluding carboxylic acids is 3. The van der Waals surface area contributed by atoms with Gasteiger partial charge in [0.2, 0.25) is 0 Å². The van der Waals surface area contributed by atoms with Crippen LogP contribution in [-0.2, 0) is 9.53 Å². The molecule has 0 aliphatic carbocycles. The summed E-state index contributed by atoms with van der Waals surface area (Å²) >= 11 is 0. The summed E-state index contributed by atoms with van der Waals surface area (Å²) in [5, 5.41) is 11.0. The van der Waals surface area contributed by atoms with E-state index >= 15 is 0 Å². The number of esters is 1. The topological polar surface area (TPSA) is 130 Å². The fourth-order valence-corrected chi connectivity index (χ4v) is 1.97. The molecule has 0 spiro atoms. The van der Waals surface area contributed by atoms with Crippen molar-refractivity contribution in [2.45, 2.75) is 13.8 Å². The van der Waals surface area contributed by atoms with Crippen molar-refractivity contribution in [3.05, 3.63) is 40.3 Å². The van der Waals surface area contributed by atoms with Crippen LogP contribution in [0.25, 0.3) is 10.8 Å². The van der Waals surface area contributed by atoms with E-state index in [1.165, 1.54) is 0 Å². The summed E-state index contributed by atoms with van der Waals surface area (Å²) in [4.78, 5) is 46.8. The third-order valence-corrected chi connectivity index (χ3v) is 3.15. The number of imide groups is 1. The first kappa shape index (κ1) is 18.1. The van der Waals surface area contributed by atoms with Gasteiger partial charge in [-0.15, -0.1) is 0 Å². The molecule has 1 heterocycles. The fourth-order valence-electron chi connectivity index (χ4n) is 1.97. The van der Waals surface area contributed by atoms with Crippen molar-refractivity contribution in [3.63, 3.8) is 0 Å². The lowest BCUT2D eigenvalue weighted by Gasteiger charge is -2.09. The molecule has 2 rings (SSSR count). The molecule has 3 N–H and O–H groups in total. The van der Waals surface area contributed by atoms with Gasteiger partial charge in [-0.25, -0.2) is 14.7 Å². The van der Waals surface area contributed by atoms with Crippen molar-refractivity contribution in [3.8, 4) is 0 Å². The van der Waals surface area contributed by atoms with Gasteiger partial charge in [-0.1, -0.05) is 32.0 Å². The Hall–Kier alpha value is -3.23.